The zero-order valence-corrected chi connectivity index (χ0v) is 15.7. The third-order valence-corrected chi connectivity index (χ3v) is 4.81. The van der Waals surface area contributed by atoms with Crippen molar-refractivity contribution in [2.75, 3.05) is 19.7 Å². The van der Waals surface area contributed by atoms with E-state index < -0.39 is 5.97 Å². The van der Waals surface area contributed by atoms with Crippen molar-refractivity contribution in [1.29, 1.82) is 0 Å². The Labute approximate surface area is 153 Å². The van der Waals surface area contributed by atoms with Gasteiger partial charge in [-0.05, 0) is 38.8 Å². The second-order valence-electron chi connectivity index (χ2n) is 7.04. The summed E-state index contributed by atoms with van der Waals surface area (Å²) >= 11 is 0. The summed E-state index contributed by atoms with van der Waals surface area (Å²) in [5.41, 5.74) is 3.77. The van der Waals surface area contributed by atoms with E-state index >= 15 is 0 Å². The van der Waals surface area contributed by atoms with Gasteiger partial charge in [0.1, 0.15) is 5.58 Å². The van der Waals surface area contributed by atoms with Gasteiger partial charge in [0.25, 0.3) is 5.91 Å². The van der Waals surface area contributed by atoms with Gasteiger partial charge >= 0.3 is 5.97 Å². The van der Waals surface area contributed by atoms with E-state index in [1.165, 1.54) is 0 Å². The number of aryl methyl sites for hydroxylation is 2. The summed E-state index contributed by atoms with van der Waals surface area (Å²) < 4.78 is 16.4. The minimum absolute atomic E-state index is 0.0117. The molecule has 1 aromatic carbocycles. The lowest BCUT2D eigenvalue weighted by molar-refractivity contribution is -0.156. The van der Waals surface area contributed by atoms with Gasteiger partial charge in [0.15, 0.2) is 6.61 Å². The number of amides is 1. The maximum Gasteiger partial charge on any atom is 0.310 e. The summed E-state index contributed by atoms with van der Waals surface area (Å²) in [6, 6.07) is 3.96. The molecule has 0 saturated carbocycles. The smallest absolute Gasteiger partial charge is 0.310 e. The number of morpholine rings is 1. The SMILES string of the molecule is Cc1ccc2c(CC(=O)OCC(=O)N3C[C@@H](C)O[C@@H](C)C3)coc2c1C. The molecule has 2 atom stereocenters. The largest absolute Gasteiger partial charge is 0.464 e. The van der Waals surface area contributed by atoms with Crippen LogP contribution < -0.4 is 0 Å². The van der Waals surface area contributed by atoms with E-state index in [0.717, 1.165) is 27.7 Å². The molecule has 0 aliphatic carbocycles. The molecule has 6 heteroatoms. The van der Waals surface area contributed by atoms with Gasteiger partial charge in [-0.15, -0.1) is 0 Å². The second-order valence-corrected chi connectivity index (χ2v) is 7.04. The number of rotatable bonds is 4. The molecule has 1 aromatic heterocycles. The van der Waals surface area contributed by atoms with Gasteiger partial charge in [-0.3, -0.25) is 9.59 Å². The van der Waals surface area contributed by atoms with Gasteiger partial charge in [-0.2, -0.15) is 0 Å². The summed E-state index contributed by atoms with van der Waals surface area (Å²) in [6.45, 7) is 8.66. The van der Waals surface area contributed by atoms with E-state index in [1.807, 2.05) is 39.8 Å². The van der Waals surface area contributed by atoms with Crippen LogP contribution in [-0.2, 0) is 25.5 Å². The van der Waals surface area contributed by atoms with Crippen molar-refractivity contribution in [2.24, 2.45) is 0 Å². The quantitative estimate of drug-likeness (QED) is 0.785. The lowest BCUT2D eigenvalue weighted by atomic mass is 10.0. The molecule has 1 saturated heterocycles. The normalized spacial score (nSPS) is 20.4. The highest BCUT2D eigenvalue weighted by molar-refractivity contribution is 5.89. The average molecular weight is 359 g/mol. The Balaban J connectivity index is 1.58. The first-order valence-electron chi connectivity index (χ1n) is 8.90. The molecule has 2 heterocycles. The molecule has 26 heavy (non-hydrogen) atoms. The molecule has 1 aliphatic heterocycles. The first kappa shape index (κ1) is 18.5. The maximum atomic E-state index is 12.3. The molecule has 2 aromatic rings. The number of furan rings is 1. The van der Waals surface area contributed by atoms with Crippen LogP contribution in [0.15, 0.2) is 22.8 Å². The molecule has 1 fully saturated rings. The number of nitrogens with zero attached hydrogens (tertiary/aromatic N) is 1. The van der Waals surface area contributed by atoms with Crippen LogP contribution in [0.2, 0.25) is 0 Å². The van der Waals surface area contributed by atoms with Crippen LogP contribution in [0.3, 0.4) is 0 Å². The first-order valence-corrected chi connectivity index (χ1v) is 8.90. The standard InChI is InChI=1S/C20H25NO5/c1-12-5-6-17-16(10-25-20(17)15(12)4)7-19(23)24-11-18(22)21-8-13(2)26-14(3)9-21/h5-6,10,13-14H,7-9,11H2,1-4H3/t13-,14+. The number of carbonyl (C=O) groups excluding carboxylic acids is 2. The van der Waals surface area contributed by atoms with Crippen LogP contribution in [0.25, 0.3) is 11.0 Å². The highest BCUT2D eigenvalue weighted by Gasteiger charge is 2.26. The zero-order valence-electron chi connectivity index (χ0n) is 15.7. The van der Waals surface area contributed by atoms with Gasteiger partial charge in [0.2, 0.25) is 0 Å². The van der Waals surface area contributed by atoms with Gasteiger partial charge in [0, 0.05) is 24.0 Å². The molecule has 6 nitrogen and oxygen atoms in total. The molecular formula is C20H25NO5. The van der Waals surface area contributed by atoms with E-state index in [2.05, 4.69) is 0 Å². The van der Waals surface area contributed by atoms with E-state index in [4.69, 9.17) is 13.9 Å². The van der Waals surface area contributed by atoms with Crippen molar-refractivity contribution in [3.8, 4) is 0 Å². The van der Waals surface area contributed by atoms with Crippen molar-refractivity contribution >= 4 is 22.8 Å². The molecule has 0 radical (unpaired) electrons. The highest BCUT2D eigenvalue weighted by atomic mass is 16.5. The lowest BCUT2D eigenvalue weighted by Gasteiger charge is -2.35. The first-order chi connectivity index (χ1) is 12.3. The summed E-state index contributed by atoms with van der Waals surface area (Å²) in [5.74, 6) is -0.627. The highest BCUT2D eigenvalue weighted by Crippen LogP contribution is 2.26. The monoisotopic (exact) mass is 359 g/mol. The molecule has 3 rings (SSSR count). The number of carbonyl (C=O) groups is 2. The Morgan fingerprint density at radius 1 is 1.19 bits per heavy atom. The number of ether oxygens (including phenoxy) is 2. The van der Waals surface area contributed by atoms with Crippen molar-refractivity contribution in [2.45, 2.75) is 46.3 Å². The number of hydrogen-bond acceptors (Lipinski definition) is 5. The molecule has 1 aliphatic rings. The third-order valence-electron chi connectivity index (χ3n) is 4.81. The molecular weight excluding hydrogens is 334 g/mol. The minimum atomic E-state index is -0.436. The summed E-state index contributed by atoms with van der Waals surface area (Å²) in [5, 5.41) is 0.909. The molecule has 0 unspecified atom stereocenters. The van der Waals surface area contributed by atoms with Crippen LogP contribution in [0, 0.1) is 13.8 Å². The zero-order chi connectivity index (χ0) is 18.8. The van der Waals surface area contributed by atoms with Crippen molar-refractivity contribution < 1.29 is 23.5 Å². The Kier molecular flexibility index (Phi) is 5.32. The van der Waals surface area contributed by atoms with E-state index in [9.17, 15) is 9.59 Å². The van der Waals surface area contributed by atoms with Crippen LogP contribution in [0.5, 0.6) is 0 Å². The average Bonchev–Trinajstić information content (AvgIpc) is 2.98. The molecule has 0 N–H and O–H groups in total. The third kappa shape index (κ3) is 3.90. The Bertz CT molecular complexity index is 815. The van der Waals surface area contributed by atoms with Crippen LogP contribution in [-0.4, -0.2) is 48.7 Å². The van der Waals surface area contributed by atoms with Crippen molar-refractivity contribution in [1.82, 2.24) is 4.90 Å². The molecule has 1 amide bonds. The van der Waals surface area contributed by atoms with E-state index in [1.54, 1.807) is 11.2 Å². The predicted molar refractivity (Wildman–Crippen MR) is 96.9 cm³/mol. The van der Waals surface area contributed by atoms with Crippen LogP contribution >= 0.6 is 0 Å². The van der Waals surface area contributed by atoms with Crippen molar-refractivity contribution in [3.05, 3.63) is 35.1 Å². The summed E-state index contributed by atoms with van der Waals surface area (Å²) in [7, 11) is 0. The Morgan fingerprint density at radius 2 is 1.88 bits per heavy atom. The fourth-order valence-corrected chi connectivity index (χ4v) is 3.35. The van der Waals surface area contributed by atoms with Gasteiger partial charge in [-0.25, -0.2) is 0 Å². The maximum absolute atomic E-state index is 12.3. The van der Waals surface area contributed by atoms with E-state index in [-0.39, 0.29) is 31.1 Å². The van der Waals surface area contributed by atoms with Crippen LogP contribution in [0.1, 0.15) is 30.5 Å². The number of esters is 1. The topological polar surface area (TPSA) is 69.0 Å². The number of hydrogen-bond donors (Lipinski definition) is 0. The lowest BCUT2D eigenvalue weighted by Crippen LogP contribution is -2.49. The van der Waals surface area contributed by atoms with Gasteiger partial charge in [-0.1, -0.05) is 12.1 Å². The second kappa shape index (κ2) is 7.50. The number of benzene rings is 1. The molecule has 0 bridgehead atoms. The fourth-order valence-electron chi connectivity index (χ4n) is 3.35. The van der Waals surface area contributed by atoms with Crippen LogP contribution in [0.4, 0.5) is 0 Å². The fraction of sp³-hybridized carbons (Fsp3) is 0.500. The van der Waals surface area contributed by atoms with Gasteiger partial charge < -0.3 is 18.8 Å². The molecule has 0 spiro atoms. The predicted octanol–water partition coefficient (Wildman–Crippen LogP) is 2.77. The summed E-state index contributed by atoms with van der Waals surface area (Å²) in [4.78, 5) is 26.1. The summed E-state index contributed by atoms with van der Waals surface area (Å²) in [6.07, 6.45) is 1.65. The molecule has 140 valence electrons. The Hall–Kier alpha value is -2.34. The van der Waals surface area contributed by atoms with E-state index in [0.29, 0.717) is 13.1 Å². The van der Waals surface area contributed by atoms with Crippen molar-refractivity contribution in [3.63, 3.8) is 0 Å². The number of fused-ring (bicyclic) bond motifs is 1. The van der Waals surface area contributed by atoms with Gasteiger partial charge in [0.05, 0.1) is 24.9 Å². The Morgan fingerprint density at radius 3 is 2.58 bits per heavy atom. The minimum Gasteiger partial charge on any atom is -0.464 e.